The zero-order valence-corrected chi connectivity index (χ0v) is 21.7. The van der Waals surface area contributed by atoms with Crippen molar-refractivity contribution in [2.45, 2.75) is 64.4 Å². The van der Waals surface area contributed by atoms with Crippen molar-refractivity contribution in [3.63, 3.8) is 0 Å². The van der Waals surface area contributed by atoms with Gasteiger partial charge in [0.25, 0.3) is 11.8 Å². The molecule has 9 heteroatoms. The quantitative estimate of drug-likeness (QED) is 0.358. The number of hydrogen-bond acceptors (Lipinski definition) is 8. The Bertz CT molecular complexity index is 1200. The maximum atomic E-state index is 12.9. The number of rotatable bonds is 9. The third-order valence-electron chi connectivity index (χ3n) is 6.42. The van der Waals surface area contributed by atoms with Crippen LogP contribution in [-0.4, -0.2) is 47.0 Å². The van der Waals surface area contributed by atoms with Crippen molar-refractivity contribution in [1.82, 2.24) is 5.06 Å². The number of amides is 2. The first-order valence-corrected chi connectivity index (χ1v) is 12.7. The Morgan fingerprint density at radius 2 is 1.45 bits per heavy atom. The molecule has 38 heavy (non-hydrogen) atoms. The zero-order chi connectivity index (χ0) is 27.4. The van der Waals surface area contributed by atoms with Gasteiger partial charge in [0.1, 0.15) is 12.2 Å². The van der Waals surface area contributed by atoms with E-state index < -0.39 is 41.2 Å². The van der Waals surface area contributed by atoms with E-state index in [4.69, 9.17) is 14.3 Å². The molecule has 0 spiro atoms. The summed E-state index contributed by atoms with van der Waals surface area (Å²) in [7, 11) is 0. The molecule has 200 valence electrons. The Morgan fingerprint density at radius 1 is 0.895 bits per heavy atom. The summed E-state index contributed by atoms with van der Waals surface area (Å²) in [6, 6.07) is 15.8. The van der Waals surface area contributed by atoms with E-state index in [1.165, 1.54) is 0 Å². The number of benzene rings is 2. The molecule has 1 aliphatic heterocycles. The molecule has 1 heterocycles. The lowest BCUT2D eigenvalue weighted by Gasteiger charge is -2.21. The van der Waals surface area contributed by atoms with Gasteiger partial charge >= 0.3 is 17.9 Å². The molecule has 2 aromatic carbocycles. The summed E-state index contributed by atoms with van der Waals surface area (Å²) in [4.78, 5) is 66.9. The Kier molecular flexibility index (Phi) is 7.94. The Balaban J connectivity index is 1.42. The summed E-state index contributed by atoms with van der Waals surface area (Å²) in [5.74, 6) is -4.68. The van der Waals surface area contributed by atoms with Crippen molar-refractivity contribution in [1.29, 1.82) is 0 Å². The topological polar surface area (TPSA) is 116 Å². The molecule has 2 aliphatic rings. The van der Waals surface area contributed by atoms with Crippen molar-refractivity contribution in [2.75, 3.05) is 6.61 Å². The van der Waals surface area contributed by atoms with E-state index >= 15 is 0 Å². The minimum Gasteiger partial charge on any atom is -0.465 e. The van der Waals surface area contributed by atoms with Crippen LogP contribution >= 0.6 is 0 Å². The van der Waals surface area contributed by atoms with Crippen molar-refractivity contribution in [3.05, 3.63) is 59.7 Å². The summed E-state index contributed by atoms with van der Waals surface area (Å²) in [6.45, 7) is 5.23. The second-order valence-electron chi connectivity index (χ2n) is 10.4. The maximum Gasteiger partial charge on any atom is 0.336 e. The van der Waals surface area contributed by atoms with Crippen LogP contribution in [0.5, 0.6) is 0 Å². The van der Waals surface area contributed by atoms with Gasteiger partial charge in [0.2, 0.25) is 0 Å². The minimum absolute atomic E-state index is 0.0545. The lowest BCUT2D eigenvalue weighted by atomic mass is 9.97. The van der Waals surface area contributed by atoms with Crippen LogP contribution in [0.3, 0.4) is 0 Å². The average Bonchev–Trinajstić information content (AvgIpc) is 3.36. The van der Waals surface area contributed by atoms with Gasteiger partial charge in [0.15, 0.2) is 0 Å². The molecule has 1 aliphatic carbocycles. The molecule has 0 unspecified atom stereocenters. The molecule has 1 atom stereocenters. The monoisotopic (exact) mass is 521 g/mol. The van der Waals surface area contributed by atoms with E-state index in [1.54, 1.807) is 20.8 Å². The number of ether oxygens (including phenoxy) is 2. The van der Waals surface area contributed by atoms with E-state index in [0.29, 0.717) is 5.06 Å². The van der Waals surface area contributed by atoms with Gasteiger partial charge < -0.3 is 14.3 Å². The second-order valence-corrected chi connectivity index (χ2v) is 10.4. The molecule has 2 amide bonds. The van der Waals surface area contributed by atoms with E-state index in [2.05, 4.69) is 0 Å². The maximum absolute atomic E-state index is 12.9. The highest BCUT2D eigenvalue weighted by molar-refractivity contribution is 6.01. The van der Waals surface area contributed by atoms with E-state index in [0.717, 1.165) is 22.3 Å². The van der Waals surface area contributed by atoms with E-state index in [-0.39, 0.29) is 44.6 Å². The largest absolute Gasteiger partial charge is 0.465 e. The molecular weight excluding hydrogens is 490 g/mol. The highest BCUT2D eigenvalue weighted by atomic mass is 16.7. The number of hydrogen-bond donors (Lipinski definition) is 0. The van der Waals surface area contributed by atoms with Gasteiger partial charge in [0.05, 0.1) is 12.3 Å². The highest BCUT2D eigenvalue weighted by Crippen LogP contribution is 2.44. The first-order chi connectivity index (χ1) is 18.0. The average molecular weight is 522 g/mol. The molecule has 9 nitrogen and oxygen atoms in total. The molecule has 1 fully saturated rings. The van der Waals surface area contributed by atoms with Gasteiger partial charge in [-0.3, -0.25) is 19.2 Å². The Labute approximate surface area is 221 Å². The van der Waals surface area contributed by atoms with Crippen molar-refractivity contribution in [2.24, 2.45) is 5.92 Å². The standard InChI is InChI=1S/C29H31NO8/c1-29(2,3)37-26(33)15-12-18(28(35)38-30-24(31)13-14-25(30)32)16-27(34)36-17-23-21-10-6-4-8-19(21)20-9-5-7-11-22(20)23/h4-11,18,23H,12-17H2,1-3H3/t18-/m1/s1. The number of imide groups is 1. The van der Waals surface area contributed by atoms with Gasteiger partial charge in [-0.25, -0.2) is 4.79 Å². The van der Waals surface area contributed by atoms with Crippen LogP contribution < -0.4 is 0 Å². The van der Waals surface area contributed by atoms with Crippen LogP contribution in [0.2, 0.25) is 0 Å². The third-order valence-corrected chi connectivity index (χ3v) is 6.42. The third kappa shape index (κ3) is 6.27. The van der Waals surface area contributed by atoms with Crippen molar-refractivity contribution >= 4 is 29.7 Å². The SMILES string of the molecule is CC(C)(C)OC(=O)CC[C@H](CC(=O)OCC1c2ccccc2-c2ccccc21)C(=O)ON1C(=O)CCC1=O. The lowest BCUT2D eigenvalue weighted by Crippen LogP contribution is -2.35. The summed E-state index contributed by atoms with van der Waals surface area (Å²) in [5.41, 5.74) is 3.56. The van der Waals surface area contributed by atoms with E-state index in [1.807, 2.05) is 48.5 Å². The predicted octanol–water partition coefficient (Wildman–Crippen LogP) is 4.08. The van der Waals surface area contributed by atoms with Crippen LogP contribution in [0.4, 0.5) is 0 Å². The highest BCUT2D eigenvalue weighted by Gasteiger charge is 2.36. The number of hydroxylamine groups is 2. The van der Waals surface area contributed by atoms with E-state index in [9.17, 15) is 24.0 Å². The first kappa shape index (κ1) is 27.0. The molecule has 0 radical (unpaired) electrons. The van der Waals surface area contributed by atoms with Crippen LogP contribution in [0, 0.1) is 5.92 Å². The molecule has 0 bridgehead atoms. The fourth-order valence-electron chi connectivity index (χ4n) is 4.69. The Morgan fingerprint density at radius 3 is 2.00 bits per heavy atom. The van der Waals surface area contributed by atoms with Gasteiger partial charge in [-0.1, -0.05) is 48.5 Å². The van der Waals surface area contributed by atoms with Gasteiger partial charge in [-0.15, -0.1) is 5.06 Å². The number of fused-ring (bicyclic) bond motifs is 3. The summed E-state index contributed by atoms with van der Waals surface area (Å²) in [6.07, 6.45) is -0.722. The fraction of sp³-hybridized carbons (Fsp3) is 0.414. The second kappa shape index (κ2) is 11.2. The lowest BCUT2D eigenvalue weighted by molar-refractivity contribution is -0.201. The molecule has 1 saturated heterocycles. The summed E-state index contributed by atoms with van der Waals surface area (Å²) in [5, 5.41) is 0.431. The molecule has 0 saturated carbocycles. The summed E-state index contributed by atoms with van der Waals surface area (Å²) < 4.78 is 10.9. The van der Waals surface area contributed by atoms with Crippen LogP contribution in [0.1, 0.15) is 69.9 Å². The molecule has 0 aromatic heterocycles. The predicted molar refractivity (Wildman–Crippen MR) is 135 cm³/mol. The van der Waals surface area contributed by atoms with Crippen LogP contribution in [0.25, 0.3) is 11.1 Å². The number of nitrogens with zero attached hydrogens (tertiary/aromatic N) is 1. The smallest absolute Gasteiger partial charge is 0.336 e. The number of esters is 2. The number of carbonyl (C=O) groups is 5. The van der Waals surface area contributed by atoms with Gasteiger partial charge in [0, 0.05) is 25.2 Å². The first-order valence-electron chi connectivity index (χ1n) is 12.7. The van der Waals surface area contributed by atoms with Crippen LogP contribution in [-0.2, 0) is 38.3 Å². The van der Waals surface area contributed by atoms with Crippen LogP contribution in [0.15, 0.2) is 48.5 Å². The van der Waals surface area contributed by atoms with Crippen molar-refractivity contribution in [3.8, 4) is 11.1 Å². The van der Waals surface area contributed by atoms with Gasteiger partial charge in [-0.05, 0) is 49.4 Å². The summed E-state index contributed by atoms with van der Waals surface area (Å²) >= 11 is 0. The Hall–Kier alpha value is -4.01. The molecule has 4 rings (SSSR count). The zero-order valence-electron chi connectivity index (χ0n) is 21.7. The van der Waals surface area contributed by atoms with Crippen molar-refractivity contribution < 1.29 is 38.3 Å². The molecule has 2 aromatic rings. The minimum atomic E-state index is -1.11. The molecular formula is C29H31NO8. The number of carbonyl (C=O) groups excluding carboxylic acids is 5. The van der Waals surface area contributed by atoms with Gasteiger partial charge in [-0.2, -0.15) is 0 Å². The molecule has 0 N–H and O–H groups in total. The fourth-order valence-corrected chi connectivity index (χ4v) is 4.69. The normalized spacial score (nSPS) is 15.6.